The van der Waals surface area contributed by atoms with Gasteiger partial charge in [-0.25, -0.2) is 9.37 Å². The van der Waals surface area contributed by atoms with Crippen LogP contribution in [-0.4, -0.2) is 21.8 Å². The normalized spacial score (nSPS) is 14.3. The zero-order valence-electron chi connectivity index (χ0n) is 18.6. The molecule has 3 aromatic carbocycles. The Balaban J connectivity index is 1.25. The number of carbonyl (C=O) groups excluding carboxylic acids is 2. The highest BCUT2D eigenvalue weighted by molar-refractivity contribution is 6.04. The number of nitrogens with zero attached hydrogens (tertiary/aromatic N) is 1. The number of hydrogen-bond donors (Lipinski definition) is 4. The van der Waals surface area contributed by atoms with E-state index < -0.39 is 0 Å². The van der Waals surface area contributed by atoms with Crippen molar-refractivity contribution in [1.82, 2.24) is 9.97 Å². The van der Waals surface area contributed by atoms with Gasteiger partial charge in [-0.1, -0.05) is 18.2 Å². The molecule has 5 N–H and O–H groups in total. The second-order valence-corrected chi connectivity index (χ2v) is 8.27. The monoisotopic (exact) mass is 467 g/mol. The third-order valence-electron chi connectivity index (χ3n) is 5.76. The smallest absolute Gasteiger partial charge is 0.255 e. The van der Waals surface area contributed by atoms with Crippen molar-refractivity contribution in [1.29, 1.82) is 0 Å². The van der Waals surface area contributed by atoms with E-state index in [4.69, 9.17) is 5.73 Å². The highest BCUT2D eigenvalue weighted by Gasteiger charge is 2.24. The van der Waals surface area contributed by atoms with Crippen LogP contribution < -0.4 is 16.4 Å². The molecule has 8 heteroatoms. The summed E-state index contributed by atoms with van der Waals surface area (Å²) in [7, 11) is 0. The van der Waals surface area contributed by atoms with Crippen LogP contribution in [0.1, 0.15) is 21.7 Å². The van der Waals surface area contributed by atoms with Crippen molar-refractivity contribution in [3.05, 3.63) is 102 Å². The number of anilines is 3. The maximum Gasteiger partial charge on any atom is 0.255 e. The highest BCUT2D eigenvalue weighted by atomic mass is 19.1. The number of amides is 2. The Morgan fingerprint density at radius 1 is 0.914 bits per heavy atom. The first-order valence-corrected chi connectivity index (χ1v) is 11.1. The number of benzene rings is 3. The van der Waals surface area contributed by atoms with E-state index in [1.165, 1.54) is 24.3 Å². The van der Waals surface area contributed by atoms with Gasteiger partial charge in [0.1, 0.15) is 11.6 Å². The summed E-state index contributed by atoms with van der Waals surface area (Å²) in [6, 6.07) is 19.7. The number of rotatable bonds is 5. The van der Waals surface area contributed by atoms with Crippen LogP contribution in [-0.2, 0) is 11.2 Å². The average molecular weight is 468 g/mol. The molecule has 174 valence electrons. The van der Waals surface area contributed by atoms with Crippen molar-refractivity contribution in [3.8, 4) is 11.4 Å². The van der Waals surface area contributed by atoms with Crippen molar-refractivity contribution in [2.75, 3.05) is 16.4 Å². The van der Waals surface area contributed by atoms with Gasteiger partial charge in [0.05, 0.1) is 11.6 Å². The van der Waals surface area contributed by atoms with Gasteiger partial charge in [-0.05, 0) is 66.7 Å². The lowest BCUT2D eigenvalue weighted by molar-refractivity contribution is -0.118. The van der Waals surface area contributed by atoms with Crippen molar-refractivity contribution in [2.24, 2.45) is 5.92 Å². The molecule has 1 aromatic heterocycles. The van der Waals surface area contributed by atoms with Gasteiger partial charge in [0, 0.05) is 40.3 Å². The molecular formula is C27H22FN5O2. The lowest BCUT2D eigenvalue weighted by atomic mass is 9.95. The molecule has 1 heterocycles. The number of aromatic nitrogens is 2. The van der Waals surface area contributed by atoms with Gasteiger partial charge >= 0.3 is 0 Å². The molecule has 2 amide bonds. The van der Waals surface area contributed by atoms with Gasteiger partial charge in [0.25, 0.3) is 5.91 Å². The van der Waals surface area contributed by atoms with Crippen molar-refractivity contribution < 1.29 is 14.0 Å². The Hall–Kier alpha value is -4.72. The third-order valence-corrected chi connectivity index (χ3v) is 5.76. The van der Waals surface area contributed by atoms with E-state index >= 15 is 0 Å². The molecule has 0 bridgehead atoms. The van der Waals surface area contributed by atoms with Crippen LogP contribution >= 0.6 is 0 Å². The minimum Gasteiger partial charge on any atom is -0.399 e. The van der Waals surface area contributed by atoms with Gasteiger partial charge in [-0.15, -0.1) is 0 Å². The first-order valence-electron chi connectivity index (χ1n) is 11.1. The number of aromatic amines is 1. The summed E-state index contributed by atoms with van der Waals surface area (Å²) >= 11 is 0. The van der Waals surface area contributed by atoms with Crippen LogP contribution in [0.5, 0.6) is 0 Å². The fraction of sp³-hybridized carbons (Fsp3) is 0.0741. The number of fused-ring (bicyclic) bond motifs is 1. The molecule has 7 nitrogen and oxygen atoms in total. The van der Waals surface area contributed by atoms with Gasteiger partial charge in [-0.2, -0.15) is 0 Å². The Morgan fingerprint density at radius 2 is 1.57 bits per heavy atom. The molecule has 0 fully saturated rings. The summed E-state index contributed by atoms with van der Waals surface area (Å²) in [5, 5.41) is 5.65. The standard InChI is InChI=1S/C27H22FN5O2/c28-19-6-10-21(11-7-19)31-27(35)18-5-14-23-24(15-18)33-25(32-23)16-1-3-17(4-2-16)26(34)30-22-12-8-20(29)9-13-22/h1-14,18H,15,29H2,(H,30,34)(H,31,35)(H,32,33). The van der Waals surface area contributed by atoms with E-state index in [0.29, 0.717) is 34.9 Å². The van der Waals surface area contributed by atoms with E-state index in [2.05, 4.69) is 20.6 Å². The first kappa shape index (κ1) is 22.1. The zero-order chi connectivity index (χ0) is 24.4. The van der Waals surface area contributed by atoms with Crippen LogP contribution in [0, 0.1) is 11.7 Å². The van der Waals surface area contributed by atoms with Crippen molar-refractivity contribution >= 4 is 35.0 Å². The molecule has 1 atom stereocenters. The van der Waals surface area contributed by atoms with Gasteiger partial charge in [0.2, 0.25) is 5.91 Å². The summed E-state index contributed by atoms with van der Waals surface area (Å²) in [6.45, 7) is 0. The molecule has 1 aliphatic carbocycles. The maximum absolute atomic E-state index is 13.1. The van der Waals surface area contributed by atoms with Crippen LogP contribution in [0.2, 0.25) is 0 Å². The van der Waals surface area contributed by atoms with Crippen LogP contribution in [0.4, 0.5) is 21.5 Å². The Kier molecular flexibility index (Phi) is 5.85. The number of nitrogens with two attached hydrogens (primary N) is 1. The quantitative estimate of drug-likeness (QED) is 0.314. The molecular weight excluding hydrogens is 445 g/mol. The number of H-pyrrole nitrogens is 1. The number of imidazole rings is 1. The Bertz CT molecular complexity index is 1410. The molecule has 0 radical (unpaired) electrons. The predicted molar refractivity (Wildman–Crippen MR) is 134 cm³/mol. The minimum atomic E-state index is -0.375. The number of halogens is 1. The second-order valence-electron chi connectivity index (χ2n) is 8.27. The highest BCUT2D eigenvalue weighted by Crippen LogP contribution is 2.26. The summed E-state index contributed by atoms with van der Waals surface area (Å²) in [4.78, 5) is 33.1. The molecule has 0 spiro atoms. The van der Waals surface area contributed by atoms with E-state index in [9.17, 15) is 14.0 Å². The molecule has 1 unspecified atom stereocenters. The molecule has 1 aliphatic rings. The number of nitrogens with one attached hydrogen (secondary N) is 3. The van der Waals surface area contributed by atoms with E-state index in [1.807, 2.05) is 24.3 Å². The van der Waals surface area contributed by atoms with Crippen LogP contribution in [0.15, 0.2) is 78.9 Å². The molecule has 35 heavy (non-hydrogen) atoms. The lowest BCUT2D eigenvalue weighted by Crippen LogP contribution is -2.24. The molecule has 0 aliphatic heterocycles. The van der Waals surface area contributed by atoms with Crippen molar-refractivity contribution in [2.45, 2.75) is 6.42 Å². The fourth-order valence-electron chi connectivity index (χ4n) is 3.85. The predicted octanol–water partition coefficient (Wildman–Crippen LogP) is 4.87. The van der Waals surface area contributed by atoms with E-state index in [0.717, 1.165) is 17.0 Å². The molecule has 0 saturated heterocycles. The summed E-state index contributed by atoms with van der Waals surface area (Å²) in [5.74, 6) is -0.472. The average Bonchev–Trinajstić information content (AvgIpc) is 3.30. The molecule has 5 rings (SSSR count). The Labute approximate surface area is 200 Å². The lowest BCUT2D eigenvalue weighted by Gasteiger charge is -2.16. The molecule has 0 saturated carbocycles. The van der Waals surface area contributed by atoms with Crippen LogP contribution in [0.3, 0.4) is 0 Å². The number of carbonyl (C=O) groups is 2. The van der Waals surface area contributed by atoms with E-state index in [-0.39, 0.29) is 23.5 Å². The fourth-order valence-corrected chi connectivity index (χ4v) is 3.85. The van der Waals surface area contributed by atoms with E-state index in [1.54, 1.807) is 36.4 Å². The topological polar surface area (TPSA) is 113 Å². The summed E-state index contributed by atoms with van der Waals surface area (Å²) in [6.07, 6.45) is 4.10. The van der Waals surface area contributed by atoms with Gasteiger partial charge in [0.15, 0.2) is 0 Å². The molecule has 4 aromatic rings. The van der Waals surface area contributed by atoms with Gasteiger partial charge in [-0.3, -0.25) is 9.59 Å². The SMILES string of the molecule is Nc1ccc(NC(=O)c2ccc(-c3nc4c([nH]3)CC(C(=O)Nc3ccc(F)cc3)C=C4)cc2)cc1. The van der Waals surface area contributed by atoms with Crippen LogP contribution in [0.25, 0.3) is 17.5 Å². The number of hydrogen-bond acceptors (Lipinski definition) is 4. The van der Waals surface area contributed by atoms with Crippen molar-refractivity contribution in [3.63, 3.8) is 0 Å². The largest absolute Gasteiger partial charge is 0.399 e. The van der Waals surface area contributed by atoms with Gasteiger partial charge < -0.3 is 21.4 Å². The second kappa shape index (κ2) is 9.26. The summed E-state index contributed by atoms with van der Waals surface area (Å²) in [5.41, 5.74) is 10.5. The zero-order valence-corrected chi connectivity index (χ0v) is 18.6. The first-order chi connectivity index (χ1) is 16.9. The summed E-state index contributed by atoms with van der Waals surface area (Å²) < 4.78 is 13.1. The minimum absolute atomic E-state index is 0.175. The number of nitrogen functional groups attached to an aromatic ring is 1. The third kappa shape index (κ3) is 4.96. The maximum atomic E-state index is 13.1. The Morgan fingerprint density at radius 3 is 2.29 bits per heavy atom.